The molecule has 0 aliphatic carbocycles. The summed E-state index contributed by atoms with van der Waals surface area (Å²) in [5, 5.41) is 2.70. The van der Waals surface area contributed by atoms with E-state index < -0.39 is 5.92 Å². The van der Waals surface area contributed by atoms with Crippen LogP contribution in [0.5, 0.6) is 11.5 Å². The second kappa shape index (κ2) is 6.47. The van der Waals surface area contributed by atoms with E-state index in [-0.39, 0.29) is 11.8 Å². The quantitative estimate of drug-likeness (QED) is 0.828. The molecule has 1 heterocycles. The molecule has 0 radical (unpaired) electrons. The van der Waals surface area contributed by atoms with Crippen LogP contribution in [0.4, 0.5) is 5.69 Å². The van der Waals surface area contributed by atoms with Crippen molar-refractivity contribution in [3.8, 4) is 11.5 Å². The Morgan fingerprint density at radius 1 is 1.33 bits per heavy atom. The summed E-state index contributed by atoms with van der Waals surface area (Å²) in [7, 11) is 3.11. The first-order valence-electron chi connectivity index (χ1n) is 6.93. The van der Waals surface area contributed by atoms with E-state index in [1.807, 2.05) is 6.92 Å². The molecule has 2 rings (SSSR count). The number of hydrogen-bond acceptors (Lipinski definition) is 4. The fourth-order valence-electron chi connectivity index (χ4n) is 2.47. The number of nitrogens with one attached hydrogen (secondary N) is 1. The minimum atomic E-state index is -0.599. The number of amides is 2. The molecule has 1 aliphatic rings. The van der Waals surface area contributed by atoms with Crippen molar-refractivity contribution in [2.75, 3.05) is 32.2 Å². The fourth-order valence-corrected chi connectivity index (χ4v) is 2.47. The Kier molecular flexibility index (Phi) is 4.67. The van der Waals surface area contributed by atoms with Crippen molar-refractivity contribution in [1.29, 1.82) is 0 Å². The van der Waals surface area contributed by atoms with E-state index in [9.17, 15) is 9.59 Å². The zero-order chi connectivity index (χ0) is 15.4. The first-order chi connectivity index (χ1) is 10.1. The van der Waals surface area contributed by atoms with Crippen LogP contribution in [0.3, 0.4) is 0 Å². The first kappa shape index (κ1) is 15.2. The molecule has 21 heavy (non-hydrogen) atoms. The van der Waals surface area contributed by atoms with Gasteiger partial charge in [-0.1, -0.05) is 0 Å². The number of nitrogens with zero attached hydrogens (tertiary/aromatic N) is 1. The van der Waals surface area contributed by atoms with Gasteiger partial charge in [0.25, 0.3) is 0 Å². The topological polar surface area (TPSA) is 67.9 Å². The fraction of sp³-hybridized carbons (Fsp3) is 0.467. The van der Waals surface area contributed by atoms with Crippen molar-refractivity contribution >= 4 is 17.5 Å². The predicted molar refractivity (Wildman–Crippen MR) is 78.7 cm³/mol. The minimum absolute atomic E-state index is 0.173. The molecular formula is C15H20N2O4. The molecule has 6 nitrogen and oxygen atoms in total. The van der Waals surface area contributed by atoms with Gasteiger partial charge in [-0.2, -0.15) is 0 Å². The number of methoxy groups -OCH3 is 2. The molecule has 1 atom stereocenters. The molecule has 0 aromatic heterocycles. The molecule has 1 saturated heterocycles. The summed E-state index contributed by atoms with van der Waals surface area (Å²) in [5.74, 6) is 0.189. The van der Waals surface area contributed by atoms with Crippen molar-refractivity contribution in [2.24, 2.45) is 5.92 Å². The average Bonchev–Trinajstić information content (AvgIpc) is 2.88. The van der Waals surface area contributed by atoms with Crippen LogP contribution in [0.25, 0.3) is 0 Å². The maximum absolute atomic E-state index is 12.4. The first-order valence-corrected chi connectivity index (χ1v) is 6.93. The largest absolute Gasteiger partial charge is 0.493 e. The van der Waals surface area contributed by atoms with Crippen molar-refractivity contribution < 1.29 is 19.1 Å². The van der Waals surface area contributed by atoms with Gasteiger partial charge in [-0.25, -0.2) is 0 Å². The molecule has 0 bridgehead atoms. The molecule has 1 fully saturated rings. The highest BCUT2D eigenvalue weighted by atomic mass is 16.5. The maximum Gasteiger partial charge on any atom is 0.239 e. The van der Waals surface area contributed by atoms with Gasteiger partial charge in [0.15, 0.2) is 11.5 Å². The smallest absolute Gasteiger partial charge is 0.239 e. The van der Waals surface area contributed by atoms with Crippen LogP contribution in [0.15, 0.2) is 18.2 Å². The summed E-state index contributed by atoms with van der Waals surface area (Å²) in [5.41, 5.74) is 0.712. The maximum atomic E-state index is 12.4. The molecule has 6 heteroatoms. The average molecular weight is 292 g/mol. The normalized spacial score (nSPS) is 17.8. The number of carbonyl (C=O) groups is 2. The number of benzene rings is 1. The lowest BCUT2D eigenvalue weighted by Gasteiger charge is -2.18. The third kappa shape index (κ3) is 2.94. The SMILES string of the molecule is CCNC(=O)C1CCN(c2ccc(OC)c(OC)c2)C1=O. The highest BCUT2D eigenvalue weighted by Gasteiger charge is 2.37. The van der Waals surface area contributed by atoms with Crippen molar-refractivity contribution in [1.82, 2.24) is 5.32 Å². The van der Waals surface area contributed by atoms with E-state index >= 15 is 0 Å². The van der Waals surface area contributed by atoms with Gasteiger partial charge in [-0.15, -0.1) is 0 Å². The van der Waals surface area contributed by atoms with E-state index in [0.717, 1.165) is 0 Å². The van der Waals surface area contributed by atoms with E-state index in [1.165, 1.54) is 0 Å². The van der Waals surface area contributed by atoms with Crippen LogP contribution in [-0.2, 0) is 9.59 Å². The standard InChI is InChI=1S/C15H20N2O4/c1-4-16-14(18)11-7-8-17(15(11)19)10-5-6-12(20-2)13(9-10)21-3/h5-6,9,11H,4,7-8H2,1-3H3,(H,16,18). The summed E-state index contributed by atoms with van der Waals surface area (Å²) in [4.78, 5) is 25.8. The molecule has 1 N–H and O–H groups in total. The Morgan fingerprint density at radius 2 is 2.05 bits per heavy atom. The Morgan fingerprint density at radius 3 is 2.67 bits per heavy atom. The zero-order valence-corrected chi connectivity index (χ0v) is 12.5. The highest BCUT2D eigenvalue weighted by molar-refractivity contribution is 6.09. The molecule has 1 unspecified atom stereocenters. The van der Waals surface area contributed by atoms with Gasteiger partial charge in [0.2, 0.25) is 11.8 Å². The minimum Gasteiger partial charge on any atom is -0.493 e. The molecule has 2 amide bonds. The zero-order valence-electron chi connectivity index (χ0n) is 12.5. The summed E-state index contributed by atoms with van der Waals surface area (Å²) in [6, 6.07) is 5.29. The Labute approximate surface area is 124 Å². The summed E-state index contributed by atoms with van der Waals surface area (Å²) >= 11 is 0. The summed E-state index contributed by atoms with van der Waals surface area (Å²) in [6.07, 6.45) is 0.527. The second-order valence-corrected chi connectivity index (χ2v) is 4.77. The Balaban J connectivity index is 2.20. The number of ether oxygens (including phenoxy) is 2. The van der Waals surface area contributed by atoms with Crippen LogP contribution in [0, 0.1) is 5.92 Å². The predicted octanol–water partition coefficient (Wildman–Crippen LogP) is 1.19. The lowest BCUT2D eigenvalue weighted by Crippen LogP contribution is -2.36. The number of anilines is 1. The van der Waals surface area contributed by atoms with Gasteiger partial charge >= 0.3 is 0 Å². The van der Waals surface area contributed by atoms with Crippen molar-refractivity contribution in [2.45, 2.75) is 13.3 Å². The Hall–Kier alpha value is -2.24. The van der Waals surface area contributed by atoms with E-state index in [2.05, 4.69) is 5.32 Å². The van der Waals surface area contributed by atoms with Crippen LogP contribution < -0.4 is 19.7 Å². The monoisotopic (exact) mass is 292 g/mol. The number of carbonyl (C=O) groups excluding carboxylic acids is 2. The third-order valence-corrected chi connectivity index (χ3v) is 3.55. The summed E-state index contributed by atoms with van der Waals surface area (Å²) in [6.45, 7) is 2.89. The second-order valence-electron chi connectivity index (χ2n) is 4.77. The van der Waals surface area contributed by atoms with E-state index in [0.29, 0.717) is 36.7 Å². The molecule has 1 aromatic rings. The van der Waals surface area contributed by atoms with Crippen LogP contribution in [0.1, 0.15) is 13.3 Å². The van der Waals surface area contributed by atoms with Crippen molar-refractivity contribution in [3.05, 3.63) is 18.2 Å². The van der Waals surface area contributed by atoms with Gasteiger partial charge in [0.05, 0.1) is 14.2 Å². The number of hydrogen-bond donors (Lipinski definition) is 1. The highest BCUT2D eigenvalue weighted by Crippen LogP contribution is 2.34. The number of rotatable bonds is 5. The van der Waals surface area contributed by atoms with Gasteiger partial charge in [-0.05, 0) is 25.5 Å². The lowest BCUT2D eigenvalue weighted by molar-refractivity contribution is -0.132. The molecule has 1 aromatic carbocycles. The summed E-state index contributed by atoms with van der Waals surface area (Å²) < 4.78 is 10.4. The van der Waals surface area contributed by atoms with Crippen LogP contribution in [0.2, 0.25) is 0 Å². The Bertz CT molecular complexity index is 544. The molecule has 1 aliphatic heterocycles. The van der Waals surface area contributed by atoms with Gasteiger partial charge in [0.1, 0.15) is 5.92 Å². The van der Waals surface area contributed by atoms with E-state index in [1.54, 1.807) is 37.3 Å². The molecule has 0 saturated carbocycles. The molecular weight excluding hydrogens is 272 g/mol. The van der Waals surface area contributed by atoms with Gasteiger partial charge in [0, 0.05) is 24.8 Å². The van der Waals surface area contributed by atoms with E-state index in [4.69, 9.17) is 9.47 Å². The third-order valence-electron chi connectivity index (χ3n) is 3.55. The molecule has 114 valence electrons. The van der Waals surface area contributed by atoms with Crippen molar-refractivity contribution in [3.63, 3.8) is 0 Å². The molecule has 0 spiro atoms. The lowest BCUT2D eigenvalue weighted by atomic mass is 10.1. The van der Waals surface area contributed by atoms with Crippen LogP contribution >= 0.6 is 0 Å². The van der Waals surface area contributed by atoms with Crippen LogP contribution in [-0.4, -0.2) is 39.1 Å². The van der Waals surface area contributed by atoms with Gasteiger partial charge in [-0.3, -0.25) is 9.59 Å². The van der Waals surface area contributed by atoms with Gasteiger partial charge < -0.3 is 19.7 Å².